The van der Waals surface area contributed by atoms with Crippen molar-refractivity contribution in [3.63, 3.8) is 0 Å². The molecule has 1 aromatic heterocycles. The Bertz CT molecular complexity index is 841. The third kappa shape index (κ3) is 3.59. The minimum absolute atomic E-state index is 0.0693. The number of rotatable bonds is 3. The number of nitrogens with zero attached hydrogens (tertiary/aromatic N) is 3. The second-order valence-electron chi connectivity index (χ2n) is 6.69. The van der Waals surface area contributed by atoms with E-state index in [2.05, 4.69) is 25.8 Å². The van der Waals surface area contributed by atoms with Crippen LogP contribution in [0.5, 0.6) is 0 Å². The maximum atomic E-state index is 13.0. The van der Waals surface area contributed by atoms with Crippen molar-refractivity contribution in [1.29, 1.82) is 0 Å². The molecule has 0 aliphatic carbocycles. The molecule has 0 spiro atoms. The maximum absolute atomic E-state index is 13.0. The van der Waals surface area contributed by atoms with Crippen LogP contribution in [0.15, 0.2) is 65.7 Å². The van der Waals surface area contributed by atoms with Gasteiger partial charge < -0.3 is 0 Å². The number of aliphatic imine (C=N–C) groups is 1. The lowest BCUT2D eigenvalue weighted by atomic mass is 9.92. The van der Waals surface area contributed by atoms with E-state index in [1.165, 1.54) is 12.1 Å². The second-order valence-corrected chi connectivity index (χ2v) is 6.69. The van der Waals surface area contributed by atoms with Crippen LogP contribution in [0.2, 0.25) is 0 Å². The summed E-state index contributed by atoms with van der Waals surface area (Å²) in [6.45, 7) is 6.37. The third-order valence-corrected chi connectivity index (χ3v) is 3.68. The highest BCUT2D eigenvalue weighted by Crippen LogP contribution is 2.27. The average molecular weight is 321 g/mol. The van der Waals surface area contributed by atoms with Gasteiger partial charge >= 0.3 is 0 Å². The number of aromatic nitrogens is 2. The predicted molar refractivity (Wildman–Crippen MR) is 95.9 cm³/mol. The summed E-state index contributed by atoms with van der Waals surface area (Å²) in [5.41, 5.74) is 2.70. The van der Waals surface area contributed by atoms with Crippen LogP contribution in [-0.2, 0) is 5.41 Å². The smallest absolute Gasteiger partial charge is 0.155 e. The van der Waals surface area contributed by atoms with Crippen LogP contribution < -0.4 is 0 Å². The Labute approximate surface area is 141 Å². The number of para-hydroxylation sites is 1. The Morgan fingerprint density at radius 3 is 2.29 bits per heavy atom. The molecule has 2 aromatic carbocycles. The zero-order chi connectivity index (χ0) is 17.2. The lowest BCUT2D eigenvalue weighted by molar-refractivity contribution is 0.560. The fourth-order valence-corrected chi connectivity index (χ4v) is 2.28. The lowest BCUT2D eigenvalue weighted by Gasteiger charge is -2.14. The number of halogens is 1. The summed E-state index contributed by atoms with van der Waals surface area (Å²) in [6.07, 6.45) is 1.72. The monoisotopic (exact) mass is 321 g/mol. The molecule has 0 N–H and O–H groups in total. The van der Waals surface area contributed by atoms with E-state index in [4.69, 9.17) is 5.10 Å². The molecular formula is C20H20FN3. The second kappa shape index (κ2) is 6.40. The van der Waals surface area contributed by atoms with Gasteiger partial charge in [0.05, 0.1) is 11.4 Å². The Morgan fingerprint density at radius 1 is 1.00 bits per heavy atom. The molecule has 122 valence electrons. The van der Waals surface area contributed by atoms with Crippen LogP contribution in [0.25, 0.3) is 5.69 Å². The van der Waals surface area contributed by atoms with Crippen LogP contribution in [0.3, 0.4) is 0 Å². The van der Waals surface area contributed by atoms with Crippen molar-refractivity contribution < 1.29 is 4.39 Å². The van der Waals surface area contributed by atoms with E-state index < -0.39 is 0 Å². The molecule has 0 fully saturated rings. The van der Waals surface area contributed by atoms with Gasteiger partial charge in [-0.1, -0.05) is 51.1 Å². The first kappa shape index (κ1) is 16.1. The summed E-state index contributed by atoms with van der Waals surface area (Å²) in [5.74, 6) is 0.493. The average Bonchev–Trinajstić information content (AvgIpc) is 3.00. The fraction of sp³-hybridized carbons (Fsp3) is 0.200. The zero-order valence-electron chi connectivity index (χ0n) is 14.1. The summed E-state index contributed by atoms with van der Waals surface area (Å²) in [5, 5.41) is 4.72. The third-order valence-electron chi connectivity index (χ3n) is 3.68. The van der Waals surface area contributed by atoms with Gasteiger partial charge in [0.1, 0.15) is 5.82 Å². The molecule has 0 atom stereocenters. The number of hydrogen-bond donors (Lipinski definition) is 0. The Hall–Kier alpha value is -2.75. The van der Waals surface area contributed by atoms with E-state index >= 15 is 0 Å². The minimum atomic E-state index is -0.253. The maximum Gasteiger partial charge on any atom is 0.155 e. The largest absolute Gasteiger partial charge is 0.236 e. The molecule has 3 rings (SSSR count). The van der Waals surface area contributed by atoms with E-state index in [9.17, 15) is 4.39 Å². The summed E-state index contributed by atoms with van der Waals surface area (Å²) >= 11 is 0. The van der Waals surface area contributed by atoms with Crippen molar-refractivity contribution in [3.8, 4) is 5.69 Å². The van der Waals surface area contributed by atoms with E-state index in [1.807, 2.05) is 41.1 Å². The van der Waals surface area contributed by atoms with Gasteiger partial charge in [-0.15, -0.1) is 0 Å². The molecule has 0 saturated carbocycles. The highest BCUT2D eigenvalue weighted by atomic mass is 19.1. The Kier molecular flexibility index (Phi) is 4.30. The van der Waals surface area contributed by atoms with Crippen molar-refractivity contribution in [2.24, 2.45) is 4.99 Å². The Morgan fingerprint density at radius 2 is 1.67 bits per heavy atom. The predicted octanol–water partition coefficient (Wildman–Crippen LogP) is 5.06. The van der Waals surface area contributed by atoms with E-state index in [0.29, 0.717) is 0 Å². The van der Waals surface area contributed by atoms with Gasteiger partial charge in [-0.3, -0.25) is 0 Å². The molecule has 24 heavy (non-hydrogen) atoms. The topological polar surface area (TPSA) is 30.2 Å². The van der Waals surface area contributed by atoms with Crippen molar-refractivity contribution in [3.05, 3.63) is 77.7 Å². The van der Waals surface area contributed by atoms with Gasteiger partial charge in [0.25, 0.3) is 0 Å². The summed E-state index contributed by atoms with van der Waals surface area (Å²) < 4.78 is 14.8. The quantitative estimate of drug-likeness (QED) is 0.620. The minimum Gasteiger partial charge on any atom is -0.236 e. The van der Waals surface area contributed by atoms with Gasteiger partial charge in [0.2, 0.25) is 0 Å². The fourth-order valence-electron chi connectivity index (χ4n) is 2.28. The van der Waals surface area contributed by atoms with Crippen molar-refractivity contribution >= 4 is 12.0 Å². The number of hydrogen-bond acceptors (Lipinski definition) is 2. The molecule has 3 nitrogen and oxygen atoms in total. The molecule has 0 amide bonds. The first-order valence-electron chi connectivity index (χ1n) is 7.89. The normalized spacial score (nSPS) is 12.0. The molecule has 3 aromatic rings. The molecule has 0 aliphatic rings. The van der Waals surface area contributed by atoms with Crippen molar-refractivity contribution in [2.75, 3.05) is 0 Å². The van der Waals surface area contributed by atoms with E-state index in [1.54, 1.807) is 18.3 Å². The van der Waals surface area contributed by atoms with Crippen molar-refractivity contribution in [1.82, 2.24) is 9.78 Å². The van der Waals surface area contributed by atoms with Crippen LogP contribution >= 0.6 is 0 Å². The molecule has 0 saturated heterocycles. The van der Waals surface area contributed by atoms with Crippen LogP contribution in [-0.4, -0.2) is 16.0 Å². The standard InChI is InChI=1S/C20H20FN3/c1-20(2,3)18-13-19(22-14-15-9-11-16(21)12-10-15)24(23-18)17-7-5-4-6-8-17/h4-14H,1-3H3/b22-14+. The van der Waals surface area contributed by atoms with Gasteiger partial charge in [-0.2, -0.15) is 5.10 Å². The molecule has 0 unspecified atom stereocenters. The van der Waals surface area contributed by atoms with E-state index in [0.717, 1.165) is 22.8 Å². The summed E-state index contributed by atoms with van der Waals surface area (Å²) in [7, 11) is 0. The summed E-state index contributed by atoms with van der Waals surface area (Å²) in [6, 6.07) is 18.2. The molecule has 4 heteroatoms. The van der Waals surface area contributed by atoms with Gasteiger partial charge in [-0.05, 0) is 29.8 Å². The lowest BCUT2D eigenvalue weighted by Crippen LogP contribution is -2.12. The van der Waals surface area contributed by atoms with Crippen molar-refractivity contribution in [2.45, 2.75) is 26.2 Å². The van der Waals surface area contributed by atoms with E-state index in [-0.39, 0.29) is 11.2 Å². The molecule has 1 heterocycles. The zero-order valence-corrected chi connectivity index (χ0v) is 14.1. The molecular weight excluding hydrogens is 301 g/mol. The SMILES string of the molecule is CC(C)(C)c1cc(/N=C/c2ccc(F)cc2)n(-c2ccccc2)n1. The first-order valence-corrected chi connectivity index (χ1v) is 7.89. The number of benzene rings is 2. The van der Waals surface area contributed by atoms with Gasteiger partial charge in [-0.25, -0.2) is 14.1 Å². The van der Waals surface area contributed by atoms with Gasteiger partial charge in [0, 0.05) is 17.7 Å². The Balaban J connectivity index is 2.02. The van der Waals surface area contributed by atoms with Crippen LogP contribution in [0, 0.1) is 5.82 Å². The van der Waals surface area contributed by atoms with Crippen LogP contribution in [0.4, 0.5) is 10.2 Å². The molecule has 0 bridgehead atoms. The highest BCUT2D eigenvalue weighted by Gasteiger charge is 2.20. The first-order chi connectivity index (χ1) is 11.4. The molecule has 0 aliphatic heterocycles. The highest BCUT2D eigenvalue weighted by molar-refractivity contribution is 5.81. The summed E-state index contributed by atoms with van der Waals surface area (Å²) in [4.78, 5) is 4.57. The molecule has 0 radical (unpaired) electrons. The van der Waals surface area contributed by atoms with Gasteiger partial charge in [0.15, 0.2) is 5.82 Å². The van der Waals surface area contributed by atoms with Crippen LogP contribution in [0.1, 0.15) is 32.0 Å².